The van der Waals surface area contributed by atoms with Gasteiger partial charge in [0.15, 0.2) is 17.5 Å². The largest absolute Gasteiger partial charge is 0.338 e. The van der Waals surface area contributed by atoms with E-state index >= 15 is 0 Å². The molecule has 0 spiro atoms. The van der Waals surface area contributed by atoms with E-state index in [1.54, 1.807) is 0 Å². The molecule has 1 unspecified atom stereocenters. The van der Waals surface area contributed by atoms with Crippen molar-refractivity contribution in [1.29, 1.82) is 0 Å². The minimum atomic E-state index is -1.63. The van der Waals surface area contributed by atoms with E-state index in [9.17, 15) is 18.0 Å². The van der Waals surface area contributed by atoms with Crippen LogP contribution in [0.1, 0.15) is 43.1 Å². The predicted molar refractivity (Wildman–Crippen MR) is 91.6 cm³/mol. The van der Waals surface area contributed by atoms with Crippen molar-refractivity contribution >= 4 is 17.5 Å². The molecule has 26 heavy (non-hydrogen) atoms. The fraction of sp³-hybridized carbons (Fsp3) is 0.389. The van der Waals surface area contributed by atoms with Crippen LogP contribution in [0.2, 0.25) is 0 Å². The lowest BCUT2D eigenvalue weighted by Gasteiger charge is -2.35. The number of hydrogen-bond donors (Lipinski definition) is 1. The predicted octanol–water partition coefficient (Wildman–Crippen LogP) is 3.92. The zero-order valence-corrected chi connectivity index (χ0v) is 14.3. The van der Waals surface area contributed by atoms with Crippen LogP contribution in [0.3, 0.4) is 0 Å². The second-order valence-electron chi connectivity index (χ2n) is 6.17. The molecule has 1 aromatic heterocycles. The molecular weight excluding hydrogens is 345 g/mol. The van der Waals surface area contributed by atoms with Crippen molar-refractivity contribution in [3.8, 4) is 0 Å². The third kappa shape index (κ3) is 3.63. The normalized spacial score (nSPS) is 17.2. The van der Waals surface area contributed by atoms with Crippen molar-refractivity contribution in [1.82, 2.24) is 9.97 Å². The van der Waals surface area contributed by atoms with Crippen molar-refractivity contribution in [3.63, 3.8) is 0 Å². The summed E-state index contributed by atoms with van der Waals surface area (Å²) in [7, 11) is 0. The SMILES string of the molecule is CCC1CCCCN1c1nccc(C(=O)Nc2ccc(F)c(F)c2F)n1. The second kappa shape index (κ2) is 7.72. The Morgan fingerprint density at radius 2 is 2.04 bits per heavy atom. The number of amides is 1. The van der Waals surface area contributed by atoms with Gasteiger partial charge in [-0.2, -0.15) is 0 Å². The van der Waals surface area contributed by atoms with E-state index in [0.717, 1.165) is 44.4 Å². The van der Waals surface area contributed by atoms with Crippen LogP contribution < -0.4 is 10.2 Å². The van der Waals surface area contributed by atoms with Gasteiger partial charge in [-0.05, 0) is 43.9 Å². The zero-order chi connectivity index (χ0) is 18.7. The molecule has 1 atom stereocenters. The van der Waals surface area contributed by atoms with Gasteiger partial charge in [0.1, 0.15) is 5.69 Å². The van der Waals surface area contributed by atoms with Crippen LogP contribution in [0.5, 0.6) is 0 Å². The van der Waals surface area contributed by atoms with Crippen LogP contribution in [-0.4, -0.2) is 28.5 Å². The van der Waals surface area contributed by atoms with Gasteiger partial charge in [0, 0.05) is 18.8 Å². The standard InChI is InChI=1S/C18H19F3N4O/c1-2-11-5-3-4-10-25(11)18-22-9-8-14(24-18)17(26)23-13-7-6-12(19)15(20)16(13)21/h6-9,11H,2-5,10H2,1H3,(H,23,26). The van der Waals surface area contributed by atoms with Gasteiger partial charge < -0.3 is 10.2 Å². The summed E-state index contributed by atoms with van der Waals surface area (Å²) in [6, 6.07) is 3.41. The lowest BCUT2D eigenvalue weighted by atomic mass is 10.0. The van der Waals surface area contributed by atoms with E-state index in [0.29, 0.717) is 12.0 Å². The van der Waals surface area contributed by atoms with E-state index in [-0.39, 0.29) is 5.69 Å². The monoisotopic (exact) mass is 364 g/mol. The molecular formula is C18H19F3N4O. The Morgan fingerprint density at radius 3 is 2.81 bits per heavy atom. The number of carbonyl (C=O) groups excluding carboxylic acids is 1. The Hall–Kier alpha value is -2.64. The third-order valence-corrected chi connectivity index (χ3v) is 4.51. The average Bonchev–Trinajstić information content (AvgIpc) is 2.68. The van der Waals surface area contributed by atoms with E-state index in [4.69, 9.17) is 0 Å². The molecule has 1 amide bonds. The van der Waals surface area contributed by atoms with E-state index < -0.39 is 29.0 Å². The molecule has 1 saturated heterocycles. The Kier molecular flexibility index (Phi) is 5.39. The average molecular weight is 364 g/mol. The molecule has 0 aliphatic carbocycles. The highest BCUT2D eigenvalue weighted by Crippen LogP contribution is 2.24. The van der Waals surface area contributed by atoms with Gasteiger partial charge in [-0.15, -0.1) is 0 Å². The lowest BCUT2D eigenvalue weighted by molar-refractivity contribution is 0.102. The maximum atomic E-state index is 13.7. The van der Waals surface area contributed by atoms with E-state index in [2.05, 4.69) is 27.1 Å². The zero-order valence-electron chi connectivity index (χ0n) is 14.3. The molecule has 1 aliphatic heterocycles. The fourth-order valence-electron chi connectivity index (χ4n) is 3.11. The molecule has 3 rings (SSSR count). The number of piperidine rings is 1. The molecule has 5 nitrogen and oxygen atoms in total. The topological polar surface area (TPSA) is 58.1 Å². The highest BCUT2D eigenvalue weighted by atomic mass is 19.2. The molecule has 2 aromatic rings. The number of rotatable bonds is 4. The number of nitrogens with zero attached hydrogens (tertiary/aromatic N) is 3. The quantitative estimate of drug-likeness (QED) is 0.836. The summed E-state index contributed by atoms with van der Waals surface area (Å²) in [5, 5.41) is 2.22. The number of halogens is 3. The smallest absolute Gasteiger partial charge is 0.274 e. The minimum Gasteiger partial charge on any atom is -0.338 e. The molecule has 138 valence electrons. The van der Waals surface area contributed by atoms with Crippen molar-refractivity contribution < 1.29 is 18.0 Å². The number of hydrogen-bond acceptors (Lipinski definition) is 4. The highest BCUT2D eigenvalue weighted by molar-refractivity contribution is 6.03. The highest BCUT2D eigenvalue weighted by Gasteiger charge is 2.24. The van der Waals surface area contributed by atoms with Crippen molar-refractivity contribution in [2.45, 2.75) is 38.6 Å². The minimum absolute atomic E-state index is 0.0274. The lowest BCUT2D eigenvalue weighted by Crippen LogP contribution is -2.40. The van der Waals surface area contributed by atoms with Crippen LogP contribution in [0, 0.1) is 17.5 Å². The summed E-state index contributed by atoms with van der Waals surface area (Å²) in [6.07, 6.45) is 5.61. The second-order valence-corrected chi connectivity index (χ2v) is 6.17. The van der Waals surface area contributed by atoms with Crippen LogP contribution in [0.4, 0.5) is 24.8 Å². The van der Waals surface area contributed by atoms with Crippen molar-refractivity contribution in [2.75, 3.05) is 16.8 Å². The molecule has 8 heteroatoms. The summed E-state index contributed by atoms with van der Waals surface area (Å²) in [6.45, 7) is 2.90. The van der Waals surface area contributed by atoms with Gasteiger partial charge >= 0.3 is 0 Å². The van der Waals surface area contributed by atoms with Crippen molar-refractivity contribution in [3.05, 3.63) is 47.5 Å². The summed E-state index contributed by atoms with van der Waals surface area (Å²) >= 11 is 0. The first-order valence-electron chi connectivity index (χ1n) is 8.55. The van der Waals surface area contributed by atoms with Crippen LogP contribution in [0.15, 0.2) is 24.4 Å². The van der Waals surface area contributed by atoms with Crippen molar-refractivity contribution in [2.24, 2.45) is 0 Å². The number of carbonyl (C=O) groups is 1. The first-order valence-corrected chi connectivity index (χ1v) is 8.55. The molecule has 0 saturated carbocycles. The molecule has 0 radical (unpaired) electrons. The molecule has 1 fully saturated rings. The Labute approximate surface area is 149 Å². The van der Waals surface area contributed by atoms with Crippen LogP contribution in [0.25, 0.3) is 0 Å². The number of benzene rings is 1. The molecule has 0 bridgehead atoms. The number of anilines is 2. The maximum Gasteiger partial charge on any atom is 0.274 e. The first-order chi connectivity index (χ1) is 12.5. The maximum absolute atomic E-state index is 13.7. The summed E-state index contributed by atoms with van der Waals surface area (Å²) in [5.41, 5.74) is -0.418. The van der Waals surface area contributed by atoms with Gasteiger partial charge in [-0.25, -0.2) is 23.1 Å². The summed E-state index contributed by atoms with van der Waals surface area (Å²) in [4.78, 5) is 22.9. The first kappa shape index (κ1) is 18.2. The summed E-state index contributed by atoms with van der Waals surface area (Å²) in [5.74, 6) is -4.68. The third-order valence-electron chi connectivity index (χ3n) is 4.51. The van der Waals surface area contributed by atoms with Gasteiger partial charge in [0.05, 0.1) is 5.69 Å². The van der Waals surface area contributed by atoms with E-state index in [1.807, 2.05) is 0 Å². The van der Waals surface area contributed by atoms with Gasteiger partial charge in [0.2, 0.25) is 5.95 Å². The molecule has 1 aromatic carbocycles. The summed E-state index contributed by atoms with van der Waals surface area (Å²) < 4.78 is 40.0. The molecule has 2 heterocycles. The molecule has 1 aliphatic rings. The Balaban J connectivity index is 1.81. The fourth-order valence-corrected chi connectivity index (χ4v) is 3.11. The van der Waals surface area contributed by atoms with Crippen LogP contribution in [-0.2, 0) is 0 Å². The van der Waals surface area contributed by atoms with Gasteiger partial charge in [0.25, 0.3) is 5.91 Å². The Bertz CT molecular complexity index is 815. The van der Waals surface area contributed by atoms with Gasteiger partial charge in [-0.1, -0.05) is 6.92 Å². The van der Waals surface area contributed by atoms with E-state index in [1.165, 1.54) is 12.3 Å². The van der Waals surface area contributed by atoms with Gasteiger partial charge in [-0.3, -0.25) is 4.79 Å². The number of aromatic nitrogens is 2. The molecule has 1 N–H and O–H groups in total. The van der Waals surface area contributed by atoms with Crippen LogP contribution >= 0.6 is 0 Å². The number of nitrogens with one attached hydrogen (secondary N) is 1. The Morgan fingerprint density at radius 1 is 1.23 bits per heavy atom.